The van der Waals surface area contributed by atoms with Crippen LogP contribution in [0.15, 0.2) is 21.9 Å². The van der Waals surface area contributed by atoms with Crippen molar-refractivity contribution >= 4 is 22.2 Å². The Balaban J connectivity index is 3.47. The highest BCUT2D eigenvalue weighted by Gasteiger charge is 2.13. The summed E-state index contributed by atoms with van der Waals surface area (Å²) >= 11 is -4.25. The topological polar surface area (TPSA) is 74.6 Å². The third-order valence-electron chi connectivity index (χ3n) is 1.83. The predicted octanol–water partition coefficient (Wildman–Crippen LogP) is 1.46. The van der Waals surface area contributed by atoms with Crippen molar-refractivity contribution in [2.24, 2.45) is 0 Å². The van der Waals surface area contributed by atoms with Crippen molar-refractivity contribution in [3.63, 3.8) is 0 Å². The van der Waals surface area contributed by atoms with E-state index in [4.69, 9.17) is 9.11 Å². The first-order valence-corrected chi connectivity index (χ1v) is 5.97. The van der Waals surface area contributed by atoms with Crippen LogP contribution in [0, 0.1) is 13.8 Å². The van der Waals surface area contributed by atoms with Crippen molar-refractivity contribution < 1.29 is 17.5 Å². The molecule has 0 saturated heterocycles. The third-order valence-corrected chi connectivity index (χ3v) is 3.43. The summed E-state index contributed by atoms with van der Waals surface area (Å²) < 4.78 is 39.6. The lowest BCUT2D eigenvalue weighted by Crippen LogP contribution is -2.00. The molecule has 6 heteroatoms. The molecule has 14 heavy (non-hydrogen) atoms. The fourth-order valence-corrected chi connectivity index (χ4v) is 2.54. The first-order chi connectivity index (χ1) is 6.43. The fourth-order valence-electron chi connectivity index (χ4n) is 1.16. The van der Waals surface area contributed by atoms with Gasteiger partial charge in [0.25, 0.3) is 0 Å². The minimum absolute atomic E-state index is 0.183. The van der Waals surface area contributed by atoms with Gasteiger partial charge in [-0.25, -0.2) is 8.42 Å². The first kappa shape index (κ1) is 11.5. The Hall–Kier alpha value is -0.560. The molecule has 0 aliphatic heterocycles. The van der Waals surface area contributed by atoms with E-state index in [1.807, 2.05) is 0 Å². The molecule has 78 valence electrons. The smallest absolute Gasteiger partial charge is 0.186 e. The van der Waals surface area contributed by atoms with Gasteiger partial charge < -0.3 is 9.11 Å². The number of hydrogen-bond acceptors (Lipinski definition) is 2. The zero-order valence-corrected chi connectivity index (χ0v) is 9.32. The Kier molecular flexibility index (Phi) is 3.54. The predicted molar refractivity (Wildman–Crippen MR) is 54.0 cm³/mol. The van der Waals surface area contributed by atoms with Crippen LogP contribution < -0.4 is 0 Å². The zero-order valence-electron chi connectivity index (χ0n) is 7.68. The summed E-state index contributed by atoms with van der Waals surface area (Å²) in [5.41, 5.74) is 1.07. The van der Waals surface area contributed by atoms with Gasteiger partial charge in [0.15, 0.2) is 22.2 Å². The summed E-state index contributed by atoms with van der Waals surface area (Å²) in [7, 11) is 0. The van der Waals surface area contributed by atoms with E-state index in [1.165, 1.54) is 12.1 Å². The number of aryl methyl sites for hydroxylation is 1. The highest BCUT2D eigenvalue weighted by Crippen LogP contribution is 2.21. The van der Waals surface area contributed by atoms with E-state index in [9.17, 15) is 8.42 Å². The molecule has 0 amide bonds. The first-order valence-electron chi connectivity index (χ1n) is 3.76. The van der Waals surface area contributed by atoms with Crippen molar-refractivity contribution in [1.29, 1.82) is 0 Å². The van der Waals surface area contributed by atoms with E-state index >= 15 is 0 Å². The quantitative estimate of drug-likeness (QED) is 0.760. The molecule has 0 aliphatic carbocycles. The summed E-state index contributed by atoms with van der Waals surface area (Å²) in [6.45, 7) is 3.25. The van der Waals surface area contributed by atoms with Crippen LogP contribution in [-0.2, 0) is 22.2 Å². The molecule has 2 N–H and O–H groups in total. The lowest BCUT2D eigenvalue weighted by atomic mass is 10.2. The summed E-state index contributed by atoms with van der Waals surface area (Å²) in [6, 6.07) is 3.06. The van der Waals surface area contributed by atoms with Crippen molar-refractivity contribution in [3.05, 3.63) is 23.3 Å². The Labute approximate surface area is 86.9 Å². The van der Waals surface area contributed by atoms with Crippen LogP contribution in [0.5, 0.6) is 0 Å². The standard InChI is InChI=1S/C8H10O4S2/c1-5-3-7(13(9)10)6(2)8(4-5)14(11)12/h3-4H,1-2H3,(H,9,10)(H,11,12). The average Bonchev–Trinajstić information content (AvgIpc) is 2.07. The van der Waals surface area contributed by atoms with Gasteiger partial charge in [-0.05, 0) is 37.1 Å². The van der Waals surface area contributed by atoms with Gasteiger partial charge in [0.2, 0.25) is 0 Å². The molecule has 1 aromatic rings. The molecule has 1 aromatic carbocycles. The van der Waals surface area contributed by atoms with Crippen LogP contribution >= 0.6 is 0 Å². The normalized spacial score (nSPS) is 15.1. The zero-order chi connectivity index (χ0) is 10.9. The van der Waals surface area contributed by atoms with E-state index in [1.54, 1.807) is 13.8 Å². The molecule has 0 aliphatic rings. The van der Waals surface area contributed by atoms with Gasteiger partial charge in [-0.15, -0.1) is 0 Å². The lowest BCUT2D eigenvalue weighted by Gasteiger charge is -2.07. The average molecular weight is 234 g/mol. The van der Waals surface area contributed by atoms with E-state index in [0.717, 1.165) is 0 Å². The third kappa shape index (κ3) is 2.27. The maximum Gasteiger partial charge on any atom is 0.186 e. The van der Waals surface area contributed by atoms with Crippen LogP contribution in [0.1, 0.15) is 11.1 Å². The molecule has 0 bridgehead atoms. The van der Waals surface area contributed by atoms with Crippen LogP contribution in [0.2, 0.25) is 0 Å². The highest BCUT2D eigenvalue weighted by atomic mass is 32.2. The number of hydrogen-bond donors (Lipinski definition) is 2. The molecule has 0 heterocycles. The van der Waals surface area contributed by atoms with E-state index in [0.29, 0.717) is 11.1 Å². The second kappa shape index (κ2) is 4.31. The van der Waals surface area contributed by atoms with Gasteiger partial charge in [0, 0.05) is 0 Å². The van der Waals surface area contributed by atoms with Crippen molar-refractivity contribution in [2.45, 2.75) is 23.6 Å². The summed E-state index contributed by atoms with van der Waals surface area (Å²) in [5.74, 6) is 0. The van der Waals surface area contributed by atoms with E-state index < -0.39 is 22.2 Å². The molecule has 2 atom stereocenters. The van der Waals surface area contributed by atoms with Crippen molar-refractivity contribution in [3.8, 4) is 0 Å². The molecular weight excluding hydrogens is 224 g/mol. The van der Waals surface area contributed by atoms with Crippen LogP contribution in [0.4, 0.5) is 0 Å². The van der Waals surface area contributed by atoms with Crippen LogP contribution in [0.25, 0.3) is 0 Å². The van der Waals surface area contributed by atoms with Gasteiger partial charge in [-0.1, -0.05) is 0 Å². The van der Waals surface area contributed by atoms with Gasteiger partial charge in [0.05, 0.1) is 9.79 Å². The molecule has 0 aromatic heterocycles. The SMILES string of the molecule is Cc1cc(S(=O)O)c(C)c(S(=O)O)c1. The van der Waals surface area contributed by atoms with Gasteiger partial charge in [-0.2, -0.15) is 0 Å². The summed E-state index contributed by atoms with van der Waals surface area (Å²) in [4.78, 5) is 0.366. The van der Waals surface area contributed by atoms with E-state index in [-0.39, 0.29) is 9.79 Å². The second-order valence-corrected chi connectivity index (χ2v) is 4.76. The minimum Gasteiger partial charge on any atom is -0.302 e. The fraction of sp³-hybridized carbons (Fsp3) is 0.250. The van der Waals surface area contributed by atoms with Crippen molar-refractivity contribution in [1.82, 2.24) is 0 Å². The second-order valence-electron chi connectivity index (χ2n) is 2.88. The largest absolute Gasteiger partial charge is 0.302 e. The highest BCUT2D eigenvalue weighted by molar-refractivity contribution is 7.80. The minimum atomic E-state index is -2.12. The summed E-state index contributed by atoms with van der Waals surface area (Å²) in [6.07, 6.45) is 0. The van der Waals surface area contributed by atoms with Crippen LogP contribution in [-0.4, -0.2) is 17.5 Å². The molecule has 2 unspecified atom stereocenters. The van der Waals surface area contributed by atoms with E-state index in [2.05, 4.69) is 0 Å². The molecule has 0 fully saturated rings. The monoisotopic (exact) mass is 234 g/mol. The lowest BCUT2D eigenvalue weighted by molar-refractivity contribution is 0.560. The Morgan fingerprint density at radius 3 is 1.64 bits per heavy atom. The molecule has 1 rings (SSSR count). The van der Waals surface area contributed by atoms with Gasteiger partial charge >= 0.3 is 0 Å². The van der Waals surface area contributed by atoms with Crippen molar-refractivity contribution in [2.75, 3.05) is 0 Å². The molecule has 0 radical (unpaired) electrons. The maximum atomic E-state index is 10.9. The van der Waals surface area contributed by atoms with Gasteiger partial charge in [0.1, 0.15) is 0 Å². The molecule has 0 saturated carbocycles. The number of benzene rings is 1. The Morgan fingerprint density at radius 2 is 1.36 bits per heavy atom. The Bertz CT molecular complexity index is 379. The van der Waals surface area contributed by atoms with Gasteiger partial charge in [-0.3, -0.25) is 0 Å². The maximum absolute atomic E-state index is 10.9. The number of rotatable bonds is 2. The Morgan fingerprint density at radius 1 is 1.00 bits per heavy atom. The van der Waals surface area contributed by atoms with Crippen LogP contribution in [0.3, 0.4) is 0 Å². The molecule has 4 nitrogen and oxygen atoms in total. The molecule has 0 spiro atoms. The summed E-state index contributed by atoms with van der Waals surface area (Å²) in [5, 5.41) is 0. The molecular formula is C8H10O4S2.